The predicted molar refractivity (Wildman–Crippen MR) is 106 cm³/mol. The van der Waals surface area contributed by atoms with Crippen LogP contribution in [0.5, 0.6) is 11.5 Å². The van der Waals surface area contributed by atoms with Crippen molar-refractivity contribution in [2.45, 2.75) is 0 Å². The summed E-state index contributed by atoms with van der Waals surface area (Å²) in [7, 11) is 3.27. The zero-order valence-electron chi connectivity index (χ0n) is 15.1. The van der Waals surface area contributed by atoms with Crippen molar-refractivity contribution in [2.24, 2.45) is 0 Å². The first-order chi connectivity index (χ1) is 13.2. The molecule has 4 nitrogen and oxygen atoms in total. The first kappa shape index (κ1) is 16.9. The van der Waals surface area contributed by atoms with Gasteiger partial charge in [-0.3, -0.25) is 0 Å². The molecule has 0 radical (unpaired) electrons. The maximum atomic E-state index is 12.0. The molecule has 0 atom stereocenters. The molecule has 0 bridgehead atoms. The van der Waals surface area contributed by atoms with Gasteiger partial charge < -0.3 is 13.9 Å². The van der Waals surface area contributed by atoms with Gasteiger partial charge in [-0.1, -0.05) is 30.3 Å². The molecule has 0 aliphatic heterocycles. The Bertz CT molecular complexity index is 1140. The molecule has 1 heterocycles. The molecule has 0 fully saturated rings. The molecule has 4 aromatic rings. The SMILES string of the molecule is COc1ccc(-c2ccc3oc(=O)cc(-c4ccc(OC)cc4)c3c2)cc1. The van der Waals surface area contributed by atoms with E-state index in [1.807, 2.05) is 66.7 Å². The highest BCUT2D eigenvalue weighted by molar-refractivity contribution is 5.95. The second-order valence-electron chi connectivity index (χ2n) is 6.15. The summed E-state index contributed by atoms with van der Waals surface area (Å²) in [5, 5.41) is 0.882. The Morgan fingerprint density at radius 1 is 0.667 bits per heavy atom. The first-order valence-electron chi connectivity index (χ1n) is 8.55. The third-order valence-corrected chi connectivity index (χ3v) is 4.57. The van der Waals surface area contributed by atoms with E-state index in [9.17, 15) is 4.79 Å². The van der Waals surface area contributed by atoms with E-state index in [2.05, 4.69) is 0 Å². The molecule has 4 rings (SSSR count). The molecule has 0 saturated carbocycles. The average molecular weight is 358 g/mol. The number of fused-ring (bicyclic) bond motifs is 1. The maximum absolute atomic E-state index is 12.0. The Morgan fingerprint density at radius 3 is 1.81 bits per heavy atom. The number of ether oxygens (including phenoxy) is 2. The van der Waals surface area contributed by atoms with E-state index in [1.54, 1.807) is 14.2 Å². The van der Waals surface area contributed by atoms with Gasteiger partial charge in [-0.15, -0.1) is 0 Å². The van der Waals surface area contributed by atoms with E-state index >= 15 is 0 Å². The van der Waals surface area contributed by atoms with Crippen LogP contribution in [0.15, 0.2) is 82.0 Å². The summed E-state index contributed by atoms with van der Waals surface area (Å²) >= 11 is 0. The van der Waals surface area contributed by atoms with E-state index in [4.69, 9.17) is 13.9 Å². The quantitative estimate of drug-likeness (QED) is 0.474. The molecule has 134 valence electrons. The van der Waals surface area contributed by atoms with Crippen LogP contribution in [0.1, 0.15) is 0 Å². The van der Waals surface area contributed by atoms with Gasteiger partial charge in [0.15, 0.2) is 0 Å². The highest BCUT2D eigenvalue weighted by atomic mass is 16.5. The van der Waals surface area contributed by atoms with Gasteiger partial charge >= 0.3 is 5.63 Å². The van der Waals surface area contributed by atoms with E-state index in [1.165, 1.54) is 6.07 Å². The second kappa shape index (κ2) is 7.00. The van der Waals surface area contributed by atoms with Crippen LogP contribution in [-0.2, 0) is 0 Å². The Labute approximate surface area is 156 Å². The van der Waals surface area contributed by atoms with Crippen molar-refractivity contribution in [3.05, 3.63) is 83.2 Å². The van der Waals surface area contributed by atoms with Crippen LogP contribution in [0.25, 0.3) is 33.2 Å². The molecule has 0 aliphatic carbocycles. The molecule has 3 aromatic carbocycles. The second-order valence-corrected chi connectivity index (χ2v) is 6.15. The van der Waals surface area contributed by atoms with E-state index in [0.29, 0.717) is 5.58 Å². The summed E-state index contributed by atoms with van der Waals surface area (Å²) in [4.78, 5) is 12.0. The van der Waals surface area contributed by atoms with Crippen LogP contribution in [0.4, 0.5) is 0 Å². The minimum atomic E-state index is -0.370. The zero-order valence-corrected chi connectivity index (χ0v) is 15.1. The third-order valence-electron chi connectivity index (χ3n) is 4.57. The molecule has 0 spiro atoms. The monoisotopic (exact) mass is 358 g/mol. The lowest BCUT2D eigenvalue weighted by atomic mass is 9.98. The summed E-state index contributed by atoms with van der Waals surface area (Å²) < 4.78 is 15.8. The maximum Gasteiger partial charge on any atom is 0.336 e. The van der Waals surface area contributed by atoms with Crippen molar-refractivity contribution in [1.29, 1.82) is 0 Å². The lowest BCUT2D eigenvalue weighted by Crippen LogP contribution is -1.98. The lowest BCUT2D eigenvalue weighted by molar-refractivity contribution is 0.415. The molecule has 27 heavy (non-hydrogen) atoms. The van der Waals surface area contributed by atoms with Crippen molar-refractivity contribution in [1.82, 2.24) is 0 Å². The topological polar surface area (TPSA) is 48.7 Å². The Morgan fingerprint density at radius 2 is 1.22 bits per heavy atom. The summed E-state index contributed by atoms with van der Waals surface area (Å²) in [6.07, 6.45) is 0. The van der Waals surface area contributed by atoms with Gasteiger partial charge in [-0.05, 0) is 58.7 Å². The molecule has 0 unspecified atom stereocenters. The highest BCUT2D eigenvalue weighted by Gasteiger charge is 2.10. The van der Waals surface area contributed by atoms with Gasteiger partial charge in [0.1, 0.15) is 17.1 Å². The standard InChI is InChI=1S/C23H18O4/c1-25-18-8-3-15(4-9-18)17-7-12-22-21(13-17)20(14-23(24)27-22)16-5-10-19(26-2)11-6-16/h3-14H,1-2H3. The van der Waals surface area contributed by atoms with Gasteiger partial charge in [0, 0.05) is 11.5 Å². The van der Waals surface area contributed by atoms with Gasteiger partial charge in [0.25, 0.3) is 0 Å². The fraction of sp³-hybridized carbons (Fsp3) is 0.0870. The minimum Gasteiger partial charge on any atom is -0.497 e. The number of rotatable bonds is 4. The van der Waals surface area contributed by atoms with E-state index < -0.39 is 0 Å². The summed E-state index contributed by atoms with van der Waals surface area (Å²) in [5.74, 6) is 1.58. The summed E-state index contributed by atoms with van der Waals surface area (Å²) in [5.41, 5.74) is 4.05. The van der Waals surface area contributed by atoms with Crippen molar-refractivity contribution in [3.8, 4) is 33.8 Å². The van der Waals surface area contributed by atoms with E-state index in [-0.39, 0.29) is 5.63 Å². The number of benzene rings is 3. The van der Waals surface area contributed by atoms with Crippen molar-refractivity contribution in [2.75, 3.05) is 14.2 Å². The third kappa shape index (κ3) is 3.29. The van der Waals surface area contributed by atoms with Gasteiger partial charge in [0.05, 0.1) is 14.2 Å². The summed E-state index contributed by atoms with van der Waals surface area (Å²) in [6.45, 7) is 0. The molecule has 1 aromatic heterocycles. The molecule has 0 amide bonds. The van der Waals surface area contributed by atoms with E-state index in [0.717, 1.165) is 39.1 Å². The number of hydrogen-bond acceptors (Lipinski definition) is 4. The number of methoxy groups -OCH3 is 2. The van der Waals surface area contributed by atoms with Crippen molar-refractivity contribution >= 4 is 11.0 Å². The Hall–Kier alpha value is -3.53. The first-order valence-corrected chi connectivity index (χ1v) is 8.55. The fourth-order valence-corrected chi connectivity index (χ4v) is 3.14. The number of hydrogen-bond donors (Lipinski definition) is 0. The lowest BCUT2D eigenvalue weighted by Gasteiger charge is -2.09. The predicted octanol–water partition coefficient (Wildman–Crippen LogP) is 5.14. The average Bonchev–Trinajstić information content (AvgIpc) is 2.73. The molecule has 0 aliphatic rings. The van der Waals surface area contributed by atoms with Gasteiger partial charge in [0.2, 0.25) is 0 Å². The van der Waals surface area contributed by atoms with Crippen LogP contribution in [-0.4, -0.2) is 14.2 Å². The Balaban J connectivity index is 1.88. The van der Waals surface area contributed by atoms with Crippen LogP contribution >= 0.6 is 0 Å². The smallest absolute Gasteiger partial charge is 0.336 e. The zero-order chi connectivity index (χ0) is 18.8. The largest absolute Gasteiger partial charge is 0.497 e. The van der Waals surface area contributed by atoms with Crippen LogP contribution in [0.2, 0.25) is 0 Å². The van der Waals surface area contributed by atoms with Crippen LogP contribution in [0, 0.1) is 0 Å². The molecular formula is C23H18O4. The van der Waals surface area contributed by atoms with Crippen LogP contribution in [0.3, 0.4) is 0 Å². The minimum absolute atomic E-state index is 0.370. The molecule has 0 saturated heterocycles. The molecule has 0 N–H and O–H groups in total. The highest BCUT2D eigenvalue weighted by Crippen LogP contribution is 2.32. The summed E-state index contributed by atoms with van der Waals surface area (Å²) in [6, 6.07) is 22.9. The van der Waals surface area contributed by atoms with Gasteiger partial charge in [-0.2, -0.15) is 0 Å². The van der Waals surface area contributed by atoms with Crippen molar-refractivity contribution < 1.29 is 13.9 Å². The molecule has 4 heteroatoms. The molecular weight excluding hydrogens is 340 g/mol. The normalized spacial score (nSPS) is 10.7. The van der Waals surface area contributed by atoms with Crippen LogP contribution < -0.4 is 15.1 Å². The van der Waals surface area contributed by atoms with Gasteiger partial charge in [-0.25, -0.2) is 4.79 Å². The fourth-order valence-electron chi connectivity index (χ4n) is 3.14. The van der Waals surface area contributed by atoms with Crippen molar-refractivity contribution in [3.63, 3.8) is 0 Å². The Kier molecular flexibility index (Phi) is 4.38.